The van der Waals surface area contributed by atoms with Crippen molar-refractivity contribution in [2.24, 2.45) is 0 Å². The third-order valence-electron chi connectivity index (χ3n) is 3.57. The van der Waals surface area contributed by atoms with Crippen molar-refractivity contribution < 1.29 is 36.3 Å². The van der Waals surface area contributed by atoms with Gasteiger partial charge < -0.3 is 14.2 Å². The third-order valence-corrected chi connectivity index (χ3v) is 3.57. The molecule has 0 radical (unpaired) electrons. The monoisotopic (exact) mass is 375 g/mol. The molecule has 2 rings (SSSR count). The minimum Gasteiger partial charge on any atom is -0.496 e. The van der Waals surface area contributed by atoms with Gasteiger partial charge in [-0.15, -0.1) is 4.48 Å². The van der Waals surface area contributed by atoms with Crippen LogP contribution in [0, 0.1) is 23.3 Å². The van der Waals surface area contributed by atoms with Gasteiger partial charge in [-0.05, 0) is 12.2 Å². The van der Waals surface area contributed by atoms with Crippen LogP contribution >= 0.6 is 0 Å². The molecule has 1 N–H and O–H groups in total. The van der Waals surface area contributed by atoms with Gasteiger partial charge in [-0.2, -0.15) is 0 Å². The van der Waals surface area contributed by atoms with Gasteiger partial charge in [-0.1, -0.05) is 0 Å². The second-order valence-corrected chi connectivity index (χ2v) is 4.92. The average molecular weight is 375 g/mol. The Balaban J connectivity index is 2.65. The summed E-state index contributed by atoms with van der Waals surface area (Å²) >= 11 is 0. The molecule has 0 atom stereocenters. The Morgan fingerprint density at radius 3 is 1.69 bits per heavy atom. The van der Waals surface area contributed by atoms with Gasteiger partial charge in [0.2, 0.25) is 0 Å². The molecule has 0 bridgehead atoms. The van der Waals surface area contributed by atoms with E-state index >= 15 is 0 Å². The molecule has 0 aliphatic heterocycles. The van der Waals surface area contributed by atoms with Crippen LogP contribution < -0.4 is 19.7 Å². The van der Waals surface area contributed by atoms with Gasteiger partial charge in [0, 0.05) is 17.7 Å². The standard InChI is InChI=1S/C17H14F5NO3/c1-24-8-6-11(25-2)9(12(7-8)26-3)4-5-10-13(18)14(19)15(20)16(21)17(10)23-22/h4-7,23H,1-3H3/b5-4+. The molecule has 140 valence electrons. The predicted octanol–water partition coefficient (Wildman–Crippen LogP) is 4.74. The fourth-order valence-electron chi connectivity index (χ4n) is 2.26. The number of nitrogens with one attached hydrogen (secondary N) is 1. The number of hydrogen-bond acceptors (Lipinski definition) is 4. The molecule has 26 heavy (non-hydrogen) atoms. The number of ether oxygens (including phenoxy) is 3. The van der Waals surface area contributed by atoms with E-state index in [0.29, 0.717) is 5.75 Å². The Labute approximate surface area is 145 Å². The first-order valence-electron chi connectivity index (χ1n) is 7.10. The molecule has 0 fully saturated rings. The molecule has 9 heteroatoms. The van der Waals surface area contributed by atoms with Gasteiger partial charge in [0.1, 0.15) is 22.9 Å². The van der Waals surface area contributed by atoms with Crippen molar-refractivity contribution in [1.82, 2.24) is 0 Å². The molecule has 2 aromatic carbocycles. The normalized spacial score (nSPS) is 10.9. The van der Waals surface area contributed by atoms with E-state index in [2.05, 4.69) is 0 Å². The highest BCUT2D eigenvalue weighted by Crippen LogP contribution is 2.37. The van der Waals surface area contributed by atoms with Crippen molar-refractivity contribution in [2.45, 2.75) is 0 Å². The quantitative estimate of drug-likeness (QED) is 0.260. The van der Waals surface area contributed by atoms with E-state index < -0.39 is 34.5 Å². The summed E-state index contributed by atoms with van der Waals surface area (Å²) in [5, 5.41) is 0. The van der Waals surface area contributed by atoms with E-state index in [1.807, 2.05) is 0 Å². The molecule has 0 aliphatic rings. The second kappa shape index (κ2) is 7.94. The molecular weight excluding hydrogens is 361 g/mol. The van der Waals surface area contributed by atoms with Gasteiger partial charge in [0.05, 0.1) is 26.9 Å². The lowest BCUT2D eigenvalue weighted by Gasteiger charge is -2.13. The van der Waals surface area contributed by atoms with E-state index in [1.165, 1.54) is 39.5 Å². The first kappa shape index (κ1) is 19.4. The Kier molecular flexibility index (Phi) is 5.91. The number of halogens is 5. The fourth-order valence-corrected chi connectivity index (χ4v) is 2.26. The van der Waals surface area contributed by atoms with E-state index in [9.17, 15) is 22.0 Å². The molecule has 0 aliphatic carbocycles. The highest BCUT2D eigenvalue weighted by atomic mass is 19.2. The topological polar surface area (TPSA) is 39.7 Å². The molecule has 0 saturated carbocycles. The van der Waals surface area contributed by atoms with Crippen LogP contribution in [0.25, 0.3) is 12.2 Å². The molecule has 4 nitrogen and oxygen atoms in total. The number of methoxy groups -OCH3 is 3. The lowest BCUT2D eigenvalue weighted by Crippen LogP contribution is -2.04. The van der Waals surface area contributed by atoms with Crippen LogP contribution in [0.3, 0.4) is 0 Å². The van der Waals surface area contributed by atoms with Crippen molar-refractivity contribution in [3.63, 3.8) is 0 Å². The number of rotatable bonds is 6. The summed E-state index contributed by atoms with van der Waals surface area (Å²) < 4.78 is 82.5. The summed E-state index contributed by atoms with van der Waals surface area (Å²) in [5.74, 6) is -6.97. The molecule has 0 saturated heterocycles. The van der Waals surface area contributed by atoms with Crippen LogP contribution in [-0.4, -0.2) is 21.3 Å². The third kappa shape index (κ3) is 3.37. The summed E-state index contributed by atoms with van der Waals surface area (Å²) in [5.41, 5.74) is -0.951. The maximum atomic E-state index is 14.0. The van der Waals surface area contributed by atoms with Crippen molar-refractivity contribution >= 4 is 17.8 Å². The van der Waals surface area contributed by atoms with E-state index in [-0.39, 0.29) is 17.1 Å². The smallest absolute Gasteiger partial charge is 0.199 e. The highest BCUT2D eigenvalue weighted by molar-refractivity contribution is 5.81. The van der Waals surface area contributed by atoms with Crippen molar-refractivity contribution in [2.75, 3.05) is 26.9 Å². The largest absolute Gasteiger partial charge is 0.496 e. The van der Waals surface area contributed by atoms with Crippen LogP contribution in [0.5, 0.6) is 17.2 Å². The Morgan fingerprint density at radius 1 is 0.731 bits per heavy atom. The minimum atomic E-state index is -2.13. The zero-order valence-corrected chi connectivity index (χ0v) is 13.9. The van der Waals surface area contributed by atoms with Crippen molar-refractivity contribution in [1.29, 1.82) is 0 Å². The molecule has 0 amide bonds. The van der Waals surface area contributed by atoms with E-state index in [0.717, 1.165) is 11.6 Å². The zero-order chi connectivity index (χ0) is 19.4. The second-order valence-electron chi connectivity index (χ2n) is 4.92. The summed E-state index contributed by atoms with van der Waals surface area (Å²) in [4.78, 5) is 0. The Morgan fingerprint density at radius 2 is 1.23 bits per heavy atom. The molecule has 0 aromatic heterocycles. The SMILES string of the molecule is COc1cc(OC)c(/C=C/c2c(F)c(F)c(F)c(F)c2NF)c(OC)c1. The first-order chi connectivity index (χ1) is 12.4. The van der Waals surface area contributed by atoms with E-state index in [1.54, 1.807) is 0 Å². The zero-order valence-electron chi connectivity index (χ0n) is 13.9. The van der Waals surface area contributed by atoms with Crippen LogP contribution in [0.1, 0.15) is 11.1 Å². The summed E-state index contributed by atoms with van der Waals surface area (Å²) in [6.07, 6.45) is 2.03. The van der Waals surface area contributed by atoms with Gasteiger partial charge in [-0.25, -0.2) is 23.1 Å². The highest BCUT2D eigenvalue weighted by Gasteiger charge is 2.24. The molecule has 2 aromatic rings. The van der Waals surface area contributed by atoms with Crippen LogP contribution in [-0.2, 0) is 0 Å². The number of benzene rings is 2. The van der Waals surface area contributed by atoms with E-state index in [4.69, 9.17) is 14.2 Å². The minimum absolute atomic E-state index is 0.232. The lowest BCUT2D eigenvalue weighted by molar-refractivity contribution is 0.374. The van der Waals surface area contributed by atoms with Crippen LogP contribution in [0.2, 0.25) is 0 Å². The molecule has 0 heterocycles. The predicted molar refractivity (Wildman–Crippen MR) is 86.0 cm³/mol. The Bertz CT molecular complexity index is 830. The molecule has 0 spiro atoms. The number of anilines is 1. The lowest BCUT2D eigenvalue weighted by atomic mass is 10.1. The maximum Gasteiger partial charge on any atom is 0.199 e. The Hall–Kier alpha value is -2.97. The number of hydrogen-bond donors (Lipinski definition) is 1. The average Bonchev–Trinajstić information content (AvgIpc) is 2.67. The summed E-state index contributed by atoms with van der Waals surface area (Å²) in [6, 6.07) is 2.97. The first-order valence-corrected chi connectivity index (χ1v) is 7.10. The summed E-state index contributed by atoms with van der Waals surface area (Å²) in [6.45, 7) is 0. The van der Waals surface area contributed by atoms with Gasteiger partial charge in [0.15, 0.2) is 23.3 Å². The van der Waals surface area contributed by atoms with Crippen LogP contribution in [0.15, 0.2) is 12.1 Å². The maximum absolute atomic E-state index is 14.0. The van der Waals surface area contributed by atoms with Gasteiger partial charge in [-0.3, -0.25) is 0 Å². The molecule has 0 unspecified atom stereocenters. The van der Waals surface area contributed by atoms with Gasteiger partial charge in [0.25, 0.3) is 0 Å². The fraction of sp³-hybridized carbons (Fsp3) is 0.176. The summed E-state index contributed by atoms with van der Waals surface area (Å²) in [7, 11) is 4.11. The van der Waals surface area contributed by atoms with Crippen molar-refractivity contribution in [3.8, 4) is 17.2 Å². The van der Waals surface area contributed by atoms with Gasteiger partial charge >= 0.3 is 0 Å². The molecular formula is C17H14F5NO3. The van der Waals surface area contributed by atoms with Crippen molar-refractivity contribution in [3.05, 3.63) is 46.5 Å². The van der Waals surface area contributed by atoms with Crippen LogP contribution in [0.4, 0.5) is 27.7 Å².